The average molecular weight is 759 g/mol. The van der Waals surface area contributed by atoms with Crippen LogP contribution in [0.1, 0.15) is 188 Å². The summed E-state index contributed by atoms with van der Waals surface area (Å²) in [5.74, 6) is -4.63. The fourth-order valence-electron chi connectivity index (χ4n) is 5.14. The van der Waals surface area contributed by atoms with Crippen molar-refractivity contribution in [2.75, 3.05) is 26.4 Å². The number of unbranched alkanes of at least 4 members (excludes halogenated alkanes) is 12. The molecule has 0 aromatic heterocycles. The first-order valence-corrected chi connectivity index (χ1v) is 19.5. The summed E-state index contributed by atoms with van der Waals surface area (Å²) < 4.78 is 0. The maximum atomic E-state index is 13.8. The summed E-state index contributed by atoms with van der Waals surface area (Å²) in [7, 11) is 0. The molecule has 0 saturated carbocycles. The van der Waals surface area contributed by atoms with Gasteiger partial charge < -0.3 is 0 Å². The summed E-state index contributed by atoms with van der Waals surface area (Å²) in [6.45, 7) is 8.91. The van der Waals surface area contributed by atoms with Gasteiger partial charge in [0.25, 0.3) is 0 Å². The van der Waals surface area contributed by atoms with Crippen molar-refractivity contribution < 1.29 is 63.1 Å². The molecule has 0 amide bonds. The summed E-state index contributed by atoms with van der Waals surface area (Å²) >= 11 is 0. The van der Waals surface area contributed by atoms with Crippen LogP contribution in [0, 0.1) is 0 Å². The summed E-state index contributed by atoms with van der Waals surface area (Å²) in [5, 5.41) is 0. The highest BCUT2D eigenvalue weighted by Crippen LogP contribution is 2.22. The molecule has 0 saturated heterocycles. The van der Waals surface area contributed by atoms with Gasteiger partial charge in [0.2, 0.25) is 0 Å². The van der Waals surface area contributed by atoms with Gasteiger partial charge in [0.05, 0.1) is 48.7 Å². The Morgan fingerprint density at radius 3 is 0.926 bits per heavy atom. The lowest BCUT2D eigenvalue weighted by atomic mass is 9.95. The van der Waals surface area contributed by atoms with E-state index in [0.717, 1.165) is 89.2 Å². The van der Waals surface area contributed by atoms with E-state index in [1.54, 1.807) is 0 Å². The Morgan fingerprint density at radius 1 is 0.370 bits per heavy atom. The summed E-state index contributed by atoms with van der Waals surface area (Å²) in [5.41, 5.74) is -1.12. The lowest BCUT2D eigenvalue weighted by molar-refractivity contribution is -0.243. The third-order valence-corrected chi connectivity index (χ3v) is 8.31. The first-order valence-electron chi connectivity index (χ1n) is 19.5. The third kappa shape index (κ3) is 17.3. The molecule has 0 spiro atoms. The number of carbonyl (C=O) groups excluding carboxylic acids is 5. The van der Waals surface area contributed by atoms with Crippen LogP contribution < -0.4 is 0 Å². The van der Waals surface area contributed by atoms with Gasteiger partial charge >= 0.3 is 23.9 Å². The molecular weight excluding hydrogens is 700 g/mol. The molecule has 0 aliphatic carbocycles. The molecule has 13 nitrogen and oxygen atoms in total. The van der Waals surface area contributed by atoms with E-state index in [4.69, 9.17) is 39.1 Å². The summed E-state index contributed by atoms with van der Waals surface area (Å²) in [6, 6.07) is 7.42. The van der Waals surface area contributed by atoms with Crippen molar-refractivity contribution in [1.82, 2.24) is 0 Å². The maximum absolute atomic E-state index is 13.8. The van der Waals surface area contributed by atoms with Crippen molar-refractivity contribution in [2.24, 2.45) is 0 Å². The SMILES string of the molecule is CCCCCCOOC(=O)c1ccc(C(=O)c2ccc(C(=O)OOCCCCCC)c(C(=O)OOCCCCCC)c2)cc1C(=O)OOCCCCCC. The van der Waals surface area contributed by atoms with Gasteiger partial charge in [-0.2, -0.15) is 19.6 Å². The normalized spacial score (nSPS) is 10.9. The van der Waals surface area contributed by atoms with Crippen molar-refractivity contribution in [3.63, 3.8) is 0 Å². The van der Waals surface area contributed by atoms with E-state index in [1.807, 2.05) is 0 Å². The summed E-state index contributed by atoms with van der Waals surface area (Å²) in [4.78, 5) is 106. The fourth-order valence-corrected chi connectivity index (χ4v) is 5.14. The molecule has 2 aromatic rings. The number of hydrogen-bond donors (Lipinski definition) is 0. The molecule has 0 aliphatic heterocycles. The lowest BCUT2D eigenvalue weighted by Crippen LogP contribution is -2.18. The standard InChI is InChI=1S/C41H58O13/c1-5-9-13-17-25-47-51-38(43)33-23-21-31(29-35(33)40(45)53-49-27-19-15-11-7-3)37(42)32-22-24-34(39(44)52-48-26-18-14-10-6-2)36(30-32)41(46)54-50-28-20-16-12-8-4/h21-24,29-30H,5-20,25-28H2,1-4H3. The van der Waals surface area contributed by atoms with Crippen molar-refractivity contribution in [3.8, 4) is 0 Å². The van der Waals surface area contributed by atoms with E-state index in [-0.39, 0.29) is 59.8 Å². The summed E-state index contributed by atoms with van der Waals surface area (Å²) in [6.07, 6.45) is 14.3. The molecule has 0 bridgehead atoms. The highest BCUT2D eigenvalue weighted by Gasteiger charge is 2.27. The van der Waals surface area contributed by atoms with Crippen LogP contribution in [0.4, 0.5) is 0 Å². The Hall–Kier alpha value is -4.17. The quantitative estimate of drug-likeness (QED) is 0.0321. The lowest BCUT2D eigenvalue weighted by Gasteiger charge is -2.12. The second kappa shape index (κ2) is 28.3. The van der Waals surface area contributed by atoms with Crippen LogP contribution in [0.15, 0.2) is 36.4 Å². The molecule has 0 aliphatic rings. The Kier molecular flexibility index (Phi) is 24.1. The Labute approximate surface area is 319 Å². The van der Waals surface area contributed by atoms with E-state index < -0.39 is 29.7 Å². The molecule has 0 atom stereocenters. The Morgan fingerprint density at radius 2 is 0.648 bits per heavy atom. The molecular formula is C41H58O13. The first-order chi connectivity index (χ1) is 26.3. The number of rotatable bonds is 30. The van der Waals surface area contributed by atoms with Crippen molar-refractivity contribution in [2.45, 2.75) is 130 Å². The van der Waals surface area contributed by atoms with E-state index in [1.165, 1.54) is 24.3 Å². The molecule has 0 unspecified atom stereocenters. The van der Waals surface area contributed by atoms with E-state index >= 15 is 0 Å². The van der Waals surface area contributed by atoms with Gasteiger partial charge in [0.15, 0.2) is 5.78 Å². The van der Waals surface area contributed by atoms with Gasteiger partial charge in [-0.05, 0) is 49.9 Å². The average Bonchev–Trinajstić information content (AvgIpc) is 3.19. The molecule has 2 aromatic carbocycles. The highest BCUT2D eigenvalue weighted by atomic mass is 17.2. The van der Waals surface area contributed by atoms with Crippen molar-refractivity contribution >= 4 is 29.7 Å². The minimum absolute atomic E-state index is 0.0424. The van der Waals surface area contributed by atoms with Crippen LogP contribution in [0.5, 0.6) is 0 Å². The molecule has 0 heterocycles. The molecule has 0 N–H and O–H groups in total. The van der Waals surface area contributed by atoms with Crippen LogP contribution >= 0.6 is 0 Å². The minimum atomic E-state index is -1.02. The molecule has 54 heavy (non-hydrogen) atoms. The van der Waals surface area contributed by atoms with Crippen LogP contribution in [0.25, 0.3) is 0 Å². The topological polar surface area (TPSA) is 159 Å². The van der Waals surface area contributed by atoms with Crippen LogP contribution in [0.3, 0.4) is 0 Å². The zero-order valence-electron chi connectivity index (χ0n) is 32.4. The van der Waals surface area contributed by atoms with Gasteiger partial charge in [-0.1, -0.05) is 117 Å². The molecule has 2 rings (SSSR count). The Bertz CT molecular complexity index is 1330. The monoisotopic (exact) mass is 758 g/mol. The fraction of sp³-hybridized carbons (Fsp3) is 0.585. The van der Waals surface area contributed by atoms with Crippen molar-refractivity contribution in [1.29, 1.82) is 0 Å². The number of carbonyl (C=O) groups is 5. The van der Waals surface area contributed by atoms with Crippen molar-refractivity contribution in [3.05, 3.63) is 69.8 Å². The number of hydrogen-bond acceptors (Lipinski definition) is 13. The van der Waals surface area contributed by atoms with Gasteiger partial charge in [-0.15, -0.1) is 0 Å². The minimum Gasteiger partial charge on any atom is -0.293 e. The second-order valence-corrected chi connectivity index (χ2v) is 12.9. The van der Waals surface area contributed by atoms with E-state index in [2.05, 4.69) is 27.7 Å². The second-order valence-electron chi connectivity index (χ2n) is 12.9. The predicted molar refractivity (Wildman–Crippen MR) is 198 cm³/mol. The van der Waals surface area contributed by atoms with Crippen LogP contribution in [0.2, 0.25) is 0 Å². The molecule has 300 valence electrons. The molecule has 0 radical (unpaired) electrons. The largest absolute Gasteiger partial charge is 0.373 e. The maximum Gasteiger partial charge on any atom is 0.373 e. The smallest absolute Gasteiger partial charge is 0.293 e. The van der Waals surface area contributed by atoms with Gasteiger partial charge in [-0.25, -0.2) is 19.2 Å². The zero-order valence-corrected chi connectivity index (χ0v) is 32.4. The zero-order chi connectivity index (χ0) is 39.4. The highest BCUT2D eigenvalue weighted by molar-refractivity contribution is 6.13. The third-order valence-electron chi connectivity index (χ3n) is 8.31. The van der Waals surface area contributed by atoms with E-state index in [9.17, 15) is 24.0 Å². The predicted octanol–water partition coefficient (Wildman–Crippen LogP) is 9.59. The van der Waals surface area contributed by atoms with Gasteiger partial charge in [0, 0.05) is 11.1 Å². The number of ketones is 1. The van der Waals surface area contributed by atoms with Crippen LogP contribution in [-0.2, 0) is 39.1 Å². The Balaban J connectivity index is 2.35. The van der Waals surface area contributed by atoms with Gasteiger partial charge in [0.1, 0.15) is 0 Å². The first kappa shape index (κ1) is 46.0. The molecule has 13 heteroatoms. The van der Waals surface area contributed by atoms with Gasteiger partial charge in [-0.3, -0.25) is 24.3 Å². The van der Waals surface area contributed by atoms with Crippen LogP contribution in [-0.4, -0.2) is 56.1 Å². The number of benzene rings is 2. The van der Waals surface area contributed by atoms with E-state index in [0.29, 0.717) is 25.7 Å². The molecule has 0 fully saturated rings.